The first-order valence-corrected chi connectivity index (χ1v) is 16.3. The number of aliphatic carboxylic acids is 1. The van der Waals surface area contributed by atoms with E-state index < -0.39 is 59.3 Å². The molecule has 12 heteroatoms. The molecule has 1 saturated carbocycles. The number of ether oxygens (including phenoxy) is 2. The monoisotopic (exact) mass is 638 g/mol. The van der Waals surface area contributed by atoms with Gasteiger partial charge >= 0.3 is 18.2 Å². The van der Waals surface area contributed by atoms with Crippen LogP contribution in [0.4, 0.5) is 9.59 Å². The number of alkyl carbamates (subject to hydrolysis) is 1. The van der Waals surface area contributed by atoms with Crippen molar-refractivity contribution in [3.8, 4) is 0 Å². The lowest BCUT2D eigenvalue weighted by atomic mass is 9.91. The molecule has 4 aliphatic rings. The minimum absolute atomic E-state index is 0.00133. The number of nitrogens with one attached hydrogen (secondary N) is 2. The van der Waals surface area contributed by atoms with Crippen LogP contribution in [0.3, 0.4) is 0 Å². The van der Waals surface area contributed by atoms with Gasteiger partial charge in [0.2, 0.25) is 11.8 Å². The number of hydrogen-bond donors (Lipinski definition) is 3. The van der Waals surface area contributed by atoms with Crippen molar-refractivity contribution in [2.45, 2.75) is 114 Å². The van der Waals surface area contributed by atoms with Gasteiger partial charge in [0, 0.05) is 25.4 Å². The molecule has 12 nitrogen and oxygen atoms in total. The van der Waals surface area contributed by atoms with E-state index in [1.165, 1.54) is 10.5 Å². The standard InChI is InChI=1S/C34H46N4O8/c1-21-18-37(19-22-12-10-11-14-25(21)22)32(44)45-24-16-27-28(39)36-34(30(41)42)17-23(34)13-8-6-5-7-9-15-26(29(40)38(27)20-24)35-31(43)46-33(2,3)4/h8,10-14,21,23-24,26-27H,5-7,9,15-20H2,1-4H3,(H,35,43)(H,36,39)(H,41,42)/t21?,23-,24-,26+,27+,34-/m1/s1. The van der Waals surface area contributed by atoms with Gasteiger partial charge in [0.15, 0.2) is 0 Å². The van der Waals surface area contributed by atoms with Crippen molar-refractivity contribution in [1.29, 1.82) is 0 Å². The van der Waals surface area contributed by atoms with E-state index in [1.807, 2.05) is 37.3 Å². The van der Waals surface area contributed by atoms with Crippen molar-refractivity contribution in [3.63, 3.8) is 0 Å². The van der Waals surface area contributed by atoms with Crippen LogP contribution >= 0.6 is 0 Å². The van der Waals surface area contributed by atoms with E-state index in [4.69, 9.17) is 9.47 Å². The summed E-state index contributed by atoms with van der Waals surface area (Å²) >= 11 is 0. The number of carbonyl (C=O) groups excluding carboxylic acids is 4. The fourth-order valence-corrected chi connectivity index (χ4v) is 6.81. The van der Waals surface area contributed by atoms with Gasteiger partial charge in [0.05, 0.1) is 6.54 Å². The third-order valence-electron chi connectivity index (χ3n) is 9.28. The van der Waals surface area contributed by atoms with Crippen molar-refractivity contribution in [1.82, 2.24) is 20.4 Å². The molecule has 0 spiro atoms. The smallest absolute Gasteiger partial charge is 0.410 e. The van der Waals surface area contributed by atoms with Gasteiger partial charge in [-0.3, -0.25) is 9.59 Å². The number of carbonyl (C=O) groups is 5. The van der Waals surface area contributed by atoms with Gasteiger partial charge in [-0.1, -0.05) is 56.2 Å². The summed E-state index contributed by atoms with van der Waals surface area (Å²) in [5.74, 6) is -2.52. The van der Waals surface area contributed by atoms with Crippen LogP contribution in [0.1, 0.15) is 89.7 Å². The number of fused-ring (bicyclic) bond motifs is 3. The van der Waals surface area contributed by atoms with Crippen molar-refractivity contribution >= 4 is 30.0 Å². The molecule has 46 heavy (non-hydrogen) atoms. The molecule has 1 aliphatic carbocycles. The maximum absolute atomic E-state index is 14.1. The highest BCUT2D eigenvalue weighted by Gasteiger charge is 2.61. The van der Waals surface area contributed by atoms with E-state index >= 15 is 0 Å². The third kappa shape index (κ3) is 7.47. The van der Waals surface area contributed by atoms with E-state index in [0.29, 0.717) is 25.9 Å². The van der Waals surface area contributed by atoms with Gasteiger partial charge in [0.25, 0.3) is 0 Å². The summed E-state index contributed by atoms with van der Waals surface area (Å²) in [4.78, 5) is 69.4. The fraction of sp³-hybridized carbons (Fsp3) is 0.618. The van der Waals surface area contributed by atoms with Crippen LogP contribution in [0.2, 0.25) is 0 Å². The average Bonchev–Trinajstić information content (AvgIpc) is 3.52. The highest BCUT2D eigenvalue weighted by molar-refractivity contribution is 5.96. The Morgan fingerprint density at radius 3 is 2.59 bits per heavy atom. The van der Waals surface area contributed by atoms with Gasteiger partial charge in [0.1, 0.15) is 29.3 Å². The molecule has 2 fully saturated rings. The Hall–Kier alpha value is -4.09. The molecule has 0 bridgehead atoms. The number of allylic oxidation sites excluding steroid dienone is 1. The predicted octanol–water partition coefficient (Wildman–Crippen LogP) is 4.08. The lowest BCUT2D eigenvalue weighted by molar-refractivity contribution is -0.145. The number of amides is 4. The van der Waals surface area contributed by atoms with Gasteiger partial charge in [-0.15, -0.1) is 0 Å². The molecular formula is C34H46N4O8. The minimum atomic E-state index is -1.46. The van der Waals surface area contributed by atoms with Crippen LogP contribution < -0.4 is 10.6 Å². The topological polar surface area (TPSA) is 155 Å². The van der Waals surface area contributed by atoms with E-state index in [1.54, 1.807) is 25.7 Å². The molecule has 3 N–H and O–H groups in total. The highest BCUT2D eigenvalue weighted by atomic mass is 16.6. The maximum atomic E-state index is 14.1. The first-order valence-electron chi connectivity index (χ1n) is 16.3. The van der Waals surface area contributed by atoms with Crippen molar-refractivity contribution < 1.29 is 38.6 Å². The molecule has 0 radical (unpaired) electrons. The number of nitrogens with zero attached hydrogens (tertiary/aromatic N) is 2. The summed E-state index contributed by atoms with van der Waals surface area (Å²) in [5, 5.41) is 15.5. The first-order chi connectivity index (χ1) is 21.8. The molecular weight excluding hydrogens is 592 g/mol. The van der Waals surface area contributed by atoms with Crippen LogP contribution in [0.15, 0.2) is 36.4 Å². The van der Waals surface area contributed by atoms with E-state index in [9.17, 15) is 29.1 Å². The molecule has 250 valence electrons. The second-order valence-corrected chi connectivity index (χ2v) is 14.1. The Bertz CT molecular complexity index is 1390. The summed E-state index contributed by atoms with van der Waals surface area (Å²) in [5.41, 5.74) is -0.0184. The maximum Gasteiger partial charge on any atom is 0.410 e. The largest absolute Gasteiger partial charge is 0.479 e. The van der Waals surface area contributed by atoms with Crippen molar-refractivity contribution in [2.75, 3.05) is 13.1 Å². The molecule has 4 amide bonds. The summed E-state index contributed by atoms with van der Waals surface area (Å²) in [6.45, 7) is 8.00. The van der Waals surface area contributed by atoms with Gasteiger partial charge in [-0.25, -0.2) is 14.4 Å². The SMILES string of the molecule is CC1CN(C(=O)O[C@@H]2C[C@H]3C(=O)N[C@]4(C(=O)O)C[C@H]4C=CCCCCC[C@H](NC(=O)OC(C)(C)C)C(=O)N3C2)Cc2ccccc21. The quantitative estimate of drug-likeness (QED) is 0.419. The Morgan fingerprint density at radius 1 is 1.09 bits per heavy atom. The van der Waals surface area contributed by atoms with E-state index in [0.717, 1.165) is 24.8 Å². The van der Waals surface area contributed by atoms with Crippen LogP contribution in [-0.2, 0) is 30.4 Å². The summed E-state index contributed by atoms with van der Waals surface area (Å²) in [6.07, 6.45) is 5.26. The molecule has 3 aliphatic heterocycles. The number of benzene rings is 1. The lowest BCUT2D eigenvalue weighted by Gasteiger charge is -2.33. The van der Waals surface area contributed by atoms with Crippen molar-refractivity contribution in [3.05, 3.63) is 47.5 Å². The highest BCUT2D eigenvalue weighted by Crippen LogP contribution is 2.45. The van der Waals surface area contributed by atoms with Gasteiger partial charge in [-0.05, 0) is 63.5 Å². The summed E-state index contributed by atoms with van der Waals surface area (Å²) in [7, 11) is 0. The average molecular weight is 639 g/mol. The zero-order valence-electron chi connectivity index (χ0n) is 27.1. The molecule has 1 aromatic carbocycles. The molecule has 0 aromatic heterocycles. The number of carboxylic acid groups (broad SMARTS) is 1. The van der Waals surface area contributed by atoms with Crippen LogP contribution in [0.25, 0.3) is 0 Å². The third-order valence-corrected chi connectivity index (χ3v) is 9.28. The Kier molecular flexibility index (Phi) is 9.65. The number of rotatable bonds is 3. The Morgan fingerprint density at radius 2 is 1.85 bits per heavy atom. The predicted molar refractivity (Wildman–Crippen MR) is 168 cm³/mol. The van der Waals surface area contributed by atoms with E-state index in [2.05, 4.69) is 16.7 Å². The zero-order chi connectivity index (χ0) is 33.2. The van der Waals surface area contributed by atoms with E-state index in [-0.39, 0.29) is 31.2 Å². The van der Waals surface area contributed by atoms with Crippen LogP contribution in [-0.4, -0.2) is 87.3 Å². The molecule has 6 atom stereocenters. The van der Waals surface area contributed by atoms with Crippen molar-refractivity contribution in [2.24, 2.45) is 5.92 Å². The number of hydrogen-bond acceptors (Lipinski definition) is 7. The number of carboxylic acids is 1. The van der Waals surface area contributed by atoms with Gasteiger partial charge < -0.3 is 35.0 Å². The second kappa shape index (κ2) is 13.3. The first kappa shape index (κ1) is 33.3. The fourth-order valence-electron chi connectivity index (χ4n) is 6.81. The summed E-state index contributed by atoms with van der Waals surface area (Å²) in [6, 6.07) is 5.86. The zero-order valence-corrected chi connectivity index (χ0v) is 27.1. The Labute approximate surface area is 269 Å². The lowest BCUT2D eigenvalue weighted by Crippen LogP contribution is -2.56. The molecule has 1 aromatic rings. The molecule has 1 saturated heterocycles. The second-order valence-electron chi connectivity index (χ2n) is 14.1. The molecule has 3 heterocycles. The Balaban J connectivity index is 1.37. The van der Waals surface area contributed by atoms with Crippen LogP contribution in [0.5, 0.6) is 0 Å². The summed E-state index contributed by atoms with van der Waals surface area (Å²) < 4.78 is 11.3. The normalized spacial score (nSPS) is 30.0. The van der Waals surface area contributed by atoms with Gasteiger partial charge in [-0.2, -0.15) is 0 Å². The molecule has 5 rings (SSSR count). The minimum Gasteiger partial charge on any atom is -0.479 e. The molecule has 1 unspecified atom stereocenters. The van der Waals surface area contributed by atoms with Crippen LogP contribution in [0, 0.1) is 5.92 Å².